The van der Waals surface area contributed by atoms with E-state index in [-0.39, 0.29) is 63.7 Å². The standard InChI is InChI=1S/C50H47F3N8O7S2/c1-58-20-22-59(23-21-58)43-36(52)24-35-42(38(43)53)60(19-18-51)25-30(44(35)62)26-68-27-31-28-69-47-40(46(64)61(47)41(31)48(65)66)55-45(63)39(57-67-2)37-29-70-49(54-37)56-50(32-12-6-3-7-13-32,33-14-8-4-9-15-33)34-16-10-5-11-17-34/h3-17,24-25,29,40,47H,18-23,26-28H2,1-2H3,(H,54,56)(H,55,63)(H,65,66)/b57-39-/t40-,47-/m1/s1. The lowest BCUT2D eigenvalue weighted by atomic mass is 9.77. The molecule has 0 spiro atoms. The Labute approximate surface area is 408 Å². The lowest BCUT2D eigenvalue weighted by molar-refractivity contribution is -0.150. The second kappa shape index (κ2) is 20.5. The number of carbonyl (C=O) groups is 3. The number of β-lactam (4-membered cyclic amide) rings is 1. The number of pyridine rings is 1. The van der Waals surface area contributed by atoms with E-state index in [1.807, 2.05) is 103 Å². The predicted molar refractivity (Wildman–Crippen MR) is 262 cm³/mol. The number of nitrogens with one attached hydrogen (secondary N) is 2. The molecule has 3 aliphatic heterocycles. The number of halogens is 3. The molecule has 362 valence electrons. The highest BCUT2D eigenvalue weighted by molar-refractivity contribution is 8.00. The maximum absolute atomic E-state index is 16.1. The highest BCUT2D eigenvalue weighted by atomic mass is 32.2. The third kappa shape index (κ3) is 9.02. The number of likely N-dealkylation sites (N-methyl/N-ethyl adjacent to an activating group) is 1. The zero-order chi connectivity index (χ0) is 49.1. The van der Waals surface area contributed by atoms with E-state index in [0.717, 1.165) is 27.7 Å². The molecular weight excluding hydrogens is 946 g/mol. The fraction of sp³-hybridized carbons (Fsp3) is 0.280. The molecule has 70 heavy (non-hydrogen) atoms. The van der Waals surface area contributed by atoms with Crippen LogP contribution in [0.2, 0.25) is 0 Å². The van der Waals surface area contributed by atoms with Gasteiger partial charge in [0.2, 0.25) is 0 Å². The monoisotopic (exact) mass is 992 g/mol. The minimum absolute atomic E-state index is 0.0341. The fourth-order valence-electron chi connectivity index (χ4n) is 9.19. The summed E-state index contributed by atoms with van der Waals surface area (Å²) in [6, 6.07) is 29.5. The molecular formula is C50H47F3N8O7S2. The number of thioether (sulfide) groups is 1. The molecule has 2 fully saturated rings. The van der Waals surface area contributed by atoms with Crippen molar-refractivity contribution in [2.45, 2.75) is 30.1 Å². The second-order valence-electron chi connectivity index (χ2n) is 16.8. The van der Waals surface area contributed by atoms with E-state index < -0.39 is 65.1 Å². The van der Waals surface area contributed by atoms with Gasteiger partial charge in [-0.25, -0.2) is 22.9 Å². The zero-order valence-corrected chi connectivity index (χ0v) is 39.6. The lowest BCUT2D eigenvalue weighted by Crippen LogP contribution is -2.71. The third-order valence-corrected chi connectivity index (χ3v) is 14.7. The summed E-state index contributed by atoms with van der Waals surface area (Å²) < 4.78 is 52.6. The van der Waals surface area contributed by atoms with E-state index in [9.17, 15) is 28.7 Å². The number of hydrogen-bond acceptors (Lipinski definition) is 13. The predicted octanol–water partition coefficient (Wildman–Crippen LogP) is 6.17. The number of amides is 2. The summed E-state index contributed by atoms with van der Waals surface area (Å²) in [5.74, 6) is -4.70. The van der Waals surface area contributed by atoms with E-state index in [1.54, 1.807) is 10.3 Å². The number of anilines is 2. The molecule has 4 aromatic carbocycles. The molecule has 3 aliphatic rings. The normalized spacial score (nSPS) is 17.6. The number of thiazole rings is 1. The Morgan fingerprint density at radius 1 is 0.929 bits per heavy atom. The van der Waals surface area contributed by atoms with Crippen LogP contribution in [-0.4, -0.2) is 119 Å². The number of hydrogen-bond donors (Lipinski definition) is 3. The SMILES string of the molecule is CO/N=C(\C(=O)N[C@@H]1C(=O)N2C(C(=O)O)=C(COCc3cn(CCF)c4c(F)c(N5CCN(C)CC5)c(F)cc4c3=O)CS[C@H]12)c1csc(NC(c2ccccc2)(c2ccccc2)c2ccccc2)n1. The summed E-state index contributed by atoms with van der Waals surface area (Å²) in [5.41, 5.74) is 0.446. The summed E-state index contributed by atoms with van der Waals surface area (Å²) in [6.45, 7) is -0.0963. The van der Waals surface area contributed by atoms with Gasteiger partial charge in [0.25, 0.3) is 11.8 Å². The van der Waals surface area contributed by atoms with Crippen LogP contribution in [0.1, 0.15) is 27.9 Å². The number of fused-ring (bicyclic) bond motifs is 2. The first-order valence-electron chi connectivity index (χ1n) is 22.3. The van der Waals surface area contributed by atoms with Gasteiger partial charge in [0, 0.05) is 49.1 Å². The van der Waals surface area contributed by atoms with Crippen molar-refractivity contribution in [2.24, 2.45) is 5.16 Å². The summed E-state index contributed by atoms with van der Waals surface area (Å²) >= 11 is 2.44. The smallest absolute Gasteiger partial charge is 0.352 e. The van der Waals surface area contributed by atoms with Crippen LogP contribution in [0, 0.1) is 11.6 Å². The fourth-order valence-corrected chi connectivity index (χ4v) is 11.3. The highest BCUT2D eigenvalue weighted by Crippen LogP contribution is 2.42. The largest absolute Gasteiger partial charge is 0.477 e. The first-order valence-corrected chi connectivity index (χ1v) is 24.2. The third-order valence-electron chi connectivity index (χ3n) is 12.6. The van der Waals surface area contributed by atoms with Gasteiger partial charge in [-0.3, -0.25) is 19.3 Å². The van der Waals surface area contributed by atoms with E-state index in [1.165, 1.54) is 41.0 Å². The van der Waals surface area contributed by atoms with Crippen molar-refractivity contribution in [2.75, 3.05) is 69.6 Å². The van der Waals surface area contributed by atoms with Gasteiger partial charge in [-0.2, -0.15) is 0 Å². The molecule has 0 bridgehead atoms. The van der Waals surface area contributed by atoms with Gasteiger partial charge in [-0.1, -0.05) is 96.2 Å². The van der Waals surface area contributed by atoms with Gasteiger partial charge >= 0.3 is 5.97 Å². The minimum Gasteiger partial charge on any atom is -0.477 e. The number of piperazine rings is 1. The van der Waals surface area contributed by atoms with Gasteiger partial charge < -0.3 is 39.7 Å². The van der Waals surface area contributed by atoms with Crippen LogP contribution in [0.5, 0.6) is 0 Å². The van der Waals surface area contributed by atoms with Gasteiger partial charge in [0.15, 0.2) is 22.1 Å². The quantitative estimate of drug-likeness (QED) is 0.0412. The molecule has 0 aliphatic carbocycles. The number of aromatic nitrogens is 2. The average Bonchev–Trinajstić information content (AvgIpc) is 3.84. The maximum atomic E-state index is 16.1. The molecule has 2 amide bonds. The summed E-state index contributed by atoms with van der Waals surface area (Å²) in [7, 11) is 3.18. The molecule has 20 heteroatoms. The minimum atomic E-state index is -1.41. The van der Waals surface area contributed by atoms with Gasteiger partial charge in [-0.15, -0.1) is 23.1 Å². The van der Waals surface area contributed by atoms with E-state index in [0.29, 0.717) is 31.3 Å². The number of benzene rings is 4. The summed E-state index contributed by atoms with van der Waals surface area (Å²) in [5, 5.41) is 21.7. The maximum Gasteiger partial charge on any atom is 0.352 e. The molecule has 2 aromatic heterocycles. The number of rotatable bonds is 17. The van der Waals surface area contributed by atoms with Crippen molar-refractivity contribution < 1.29 is 42.2 Å². The van der Waals surface area contributed by atoms with Crippen LogP contribution < -0.4 is 21.0 Å². The molecule has 9 rings (SSSR count). The van der Waals surface area contributed by atoms with Crippen molar-refractivity contribution in [3.05, 3.63) is 170 Å². The van der Waals surface area contributed by atoms with Gasteiger partial charge in [-0.05, 0) is 35.4 Å². The Balaban J connectivity index is 0.908. The van der Waals surface area contributed by atoms with Crippen LogP contribution in [0.25, 0.3) is 10.9 Å². The van der Waals surface area contributed by atoms with Crippen LogP contribution in [0.15, 0.2) is 130 Å². The number of carboxylic acids is 1. The molecule has 0 unspecified atom stereocenters. The van der Waals surface area contributed by atoms with Gasteiger partial charge in [0.05, 0.1) is 30.7 Å². The molecule has 3 N–H and O–H groups in total. The Kier molecular flexibility index (Phi) is 14.1. The van der Waals surface area contributed by atoms with Crippen molar-refractivity contribution in [3.63, 3.8) is 0 Å². The number of aryl methyl sites for hydroxylation is 1. The summed E-state index contributed by atoms with van der Waals surface area (Å²) in [6.07, 6.45) is 1.26. The highest BCUT2D eigenvalue weighted by Gasteiger charge is 2.54. The van der Waals surface area contributed by atoms with E-state index >= 15 is 8.78 Å². The molecule has 15 nitrogen and oxygen atoms in total. The van der Waals surface area contributed by atoms with Crippen molar-refractivity contribution >= 4 is 68.3 Å². The van der Waals surface area contributed by atoms with Crippen LogP contribution in [0.4, 0.5) is 24.0 Å². The number of oxime groups is 1. The van der Waals surface area contributed by atoms with Crippen molar-refractivity contribution in [1.82, 2.24) is 24.7 Å². The van der Waals surface area contributed by atoms with Crippen LogP contribution in [-0.2, 0) is 42.6 Å². The first kappa shape index (κ1) is 48.0. The number of aliphatic carboxylic acids is 1. The molecule has 0 radical (unpaired) electrons. The number of carbonyl (C=O) groups excluding carboxylic acids is 2. The van der Waals surface area contributed by atoms with E-state index in [2.05, 4.69) is 15.8 Å². The number of alkyl halides is 1. The summed E-state index contributed by atoms with van der Waals surface area (Å²) in [4.78, 5) is 68.7. The van der Waals surface area contributed by atoms with Gasteiger partial charge in [0.1, 0.15) is 53.6 Å². The first-order chi connectivity index (χ1) is 33.9. The van der Waals surface area contributed by atoms with Crippen LogP contribution >= 0.6 is 23.1 Å². The number of nitrogens with zero attached hydrogens (tertiary/aromatic N) is 6. The molecule has 6 aromatic rings. The molecule has 2 saturated heterocycles. The Morgan fingerprint density at radius 2 is 1.56 bits per heavy atom. The Morgan fingerprint density at radius 3 is 2.14 bits per heavy atom. The zero-order valence-electron chi connectivity index (χ0n) is 37.9. The number of ether oxygens (including phenoxy) is 1. The molecule has 0 saturated carbocycles. The lowest BCUT2D eigenvalue weighted by Gasteiger charge is -2.49. The van der Waals surface area contributed by atoms with Crippen LogP contribution in [0.3, 0.4) is 0 Å². The van der Waals surface area contributed by atoms with Crippen molar-refractivity contribution in [1.29, 1.82) is 0 Å². The van der Waals surface area contributed by atoms with E-state index in [4.69, 9.17) is 14.6 Å². The topological polar surface area (TPSA) is 171 Å². The second-order valence-corrected chi connectivity index (χ2v) is 18.8. The Hall–Kier alpha value is -7.00. The molecule has 2 atom stereocenters. The average molecular weight is 993 g/mol. The van der Waals surface area contributed by atoms with Crippen molar-refractivity contribution in [3.8, 4) is 0 Å². The molecule has 5 heterocycles. The number of carboxylic acid groups (broad SMARTS) is 1. The Bertz CT molecular complexity index is 2960.